The minimum absolute atomic E-state index is 0.0553. The van der Waals surface area contributed by atoms with Crippen LogP contribution in [-0.4, -0.2) is 22.0 Å². The molecule has 0 aliphatic rings. The maximum absolute atomic E-state index is 11.7. The number of unbranched alkanes of at least 4 members (excludes halogenated alkanes) is 1. The first-order chi connectivity index (χ1) is 11.1. The molecule has 0 unspecified atom stereocenters. The summed E-state index contributed by atoms with van der Waals surface area (Å²) in [6.45, 7) is 4.32. The van der Waals surface area contributed by atoms with Gasteiger partial charge in [-0.05, 0) is 37.0 Å². The average Bonchev–Trinajstić information content (AvgIpc) is 2.89. The van der Waals surface area contributed by atoms with Crippen molar-refractivity contribution in [2.24, 2.45) is 0 Å². The van der Waals surface area contributed by atoms with E-state index in [2.05, 4.69) is 17.2 Å². The first kappa shape index (κ1) is 17.1. The lowest BCUT2D eigenvalue weighted by atomic mass is 10.0. The predicted molar refractivity (Wildman–Crippen MR) is 90.6 cm³/mol. The number of carboxylic acid groups (broad SMARTS) is 1. The summed E-state index contributed by atoms with van der Waals surface area (Å²) in [5, 5.41) is 13.1. The van der Waals surface area contributed by atoms with Crippen molar-refractivity contribution in [3.8, 4) is 0 Å². The molecule has 0 atom stereocenters. The van der Waals surface area contributed by atoms with Gasteiger partial charge in [0.25, 0.3) is 0 Å². The molecule has 2 aromatic rings. The predicted octanol–water partition coefficient (Wildman–Crippen LogP) is 3.63. The second-order valence-corrected chi connectivity index (χ2v) is 5.79. The molecule has 23 heavy (non-hydrogen) atoms. The summed E-state index contributed by atoms with van der Waals surface area (Å²) in [6.07, 6.45) is 4.41. The van der Waals surface area contributed by atoms with Gasteiger partial charge in [-0.25, -0.2) is 4.79 Å². The molecule has 0 aliphatic heterocycles. The van der Waals surface area contributed by atoms with Crippen LogP contribution in [0.4, 0.5) is 0 Å². The van der Waals surface area contributed by atoms with Gasteiger partial charge in [-0.3, -0.25) is 4.79 Å². The van der Waals surface area contributed by atoms with Crippen molar-refractivity contribution < 1.29 is 14.7 Å². The summed E-state index contributed by atoms with van der Waals surface area (Å²) in [5.41, 5.74) is 2.79. The molecule has 0 spiro atoms. The zero-order chi connectivity index (χ0) is 16.8. The van der Waals surface area contributed by atoms with Crippen LogP contribution in [0.5, 0.6) is 0 Å². The van der Waals surface area contributed by atoms with Crippen molar-refractivity contribution >= 4 is 22.8 Å². The van der Waals surface area contributed by atoms with Gasteiger partial charge < -0.3 is 15.4 Å². The van der Waals surface area contributed by atoms with Crippen LogP contribution in [0.1, 0.15) is 61.1 Å². The summed E-state index contributed by atoms with van der Waals surface area (Å²) >= 11 is 0. The molecular formula is C18H24N2O3. The smallest absolute Gasteiger partial charge is 0.352 e. The first-order valence-corrected chi connectivity index (χ1v) is 8.20. The number of hydrogen-bond donors (Lipinski definition) is 3. The maximum atomic E-state index is 11.7. The second-order valence-electron chi connectivity index (χ2n) is 5.79. The van der Waals surface area contributed by atoms with E-state index in [0.29, 0.717) is 12.0 Å². The number of fused-ring (bicyclic) bond motifs is 1. The molecule has 2 rings (SSSR count). The zero-order valence-corrected chi connectivity index (χ0v) is 13.7. The molecule has 1 heterocycles. The third kappa shape index (κ3) is 4.12. The lowest BCUT2D eigenvalue weighted by molar-refractivity contribution is -0.121. The number of amides is 1. The molecule has 5 heteroatoms. The molecule has 1 amide bonds. The molecule has 3 N–H and O–H groups in total. The monoisotopic (exact) mass is 316 g/mol. The highest BCUT2D eigenvalue weighted by molar-refractivity contribution is 5.97. The van der Waals surface area contributed by atoms with Gasteiger partial charge in [0.1, 0.15) is 5.69 Å². The third-order valence-electron chi connectivity index (χ3n) is 3.94. The summed E-state index contributed by atoms with van der Waals surface area (Å²) in [5.74, 6) is -1.06. The summed E-state index contributed by atoms with van der Waals surface area (Å²) < 4.78 is 0. The van der Waals surface area contributed by atoms with Crippen molar-refractivity contribution in [2.45, 2.75) is 52.5 Å². The molecule has 124 valence electrons. The Kier molecular flexibility index (Phi) is 5.79. The van der Waals surface area contributed by atoms with Crippen LogP contribution in [0.2, 0.25) is 0 Å². The quantitative estimate of drug-likeness (QED) is 0.695. The van der Waals surface area contributed by atoms with E-state index in [1.807, 2.05) is 25.1 Å². The van der Waals surface area contributed by atoms with Crippen molar-refractivity contribution in [1.29, 1.82) is 0 Å². The van der Waals surface area contributed by atoms with Crippen molar-refractivity contribution in [3.63, 3.8) is 0 Å². The highest BCUT2D eigenvalue weighted by Gasteiger charge is 2.17. The van der Waals surface area contributed by atoms with E-state index in [9.17, 15) is 14.7 Å². The average molecular weight is 316 g/mol. The van der Waals surface area contributed by atoms with Crippen molar-refractivity contribution in [3.05, 3.63) is 35.0 Å². The molecule has 0 saturated carbocycles. The van der Waals surface area contributed by atoms with Gasteiger partial charge in [0.05, 0.1) is 0 Å². The number of nitrogens with one attached hydrogen (secondary N) is 2. The SMILES string of the molecule is CCCCc1ccc2[nH]c(C(=O)O)c(CNC(=O)CCC)c2c1. The molecule has 0 saturated heterocycles. The van der Waals surface area contributed by atoms with Crippen LogP contribution >= 0.6 is 0 Å². The number of rotatable bonds is 8. The number of aromatic carboxylic acids is 1. The van der Waals surface area contributed by atoms with Crippen molar-refractivity contribution in [2.75, 3.05) is 0 Å². The van der Waals surface area contributed by atoms with E-state index in [4.69, 9.17) is 0 Å². The lowest BCUT2D eigenvalue weighted by Crippen LogP contribution is -2.23. The number of H-pyrrole nitrogens is 1. The van der Waals surface area contributed by atoms with Gasteiger partial charge in [0, 0.05) is 29.4 Å². The summed E-state index contributed by atoms with van der Waals surface area (Å²) in [6, 6.07) is 5.99. The number of carbonyl (C=O) groups excluding carboxylic acids is 1. The Balaban J connectivity index is 2.34. The van der Waals surface area contributed by atoms with Gasteiger partial charge in [0.15, 0.2) is 0 Å². The van der Waals surface area contributed by atoms with Crippen LogP contribution in [0, 0.1) is 0 Å². The largest absolute Gasteiger partial charge is 0.477 e. The maximum Gasteiger partial charge on any atom is 0.352 e. The normalized spacial score (nSPS) is 10.9. The standard InChI is InChI=1S/C18H24N2O3/c1-3-5-7-12-8-9-15-13(10-12)14(17(20-15)18(22)23)11-19-16(21)6-4-2/h8-10,20H,3-7,11H2,1-2H3,(H,19,21)(H,22,23). The molecule has 1 aromatic carbocycles. The van der Waals surface area contributed by atoms with Crippen LogP contribution in [0.3, 0.4) is 0 Å². The van der Waals surface area contributed by atoms with Gasteiger partial charge in [-0.15, -0.1) is 0 Å². The third-order valence-corrected chi connectivity index (χ3v) is 3.94. The zero-order valence-electron chi connectivity index (χ0n) is 13.7. The van der Waals surface area contributed by atoms with E-state index in [1.54, 1.807) is 0 Å². The molecule has 0 fully saturated rings. The van der Waals surface area contributed by atoms with E-state index < -0.39 is 5.97 Å². The van der Waals surface area contributed by atoms with E-state index in [1.165, 1.54) is 5.56 Å². The van der Waals surface area contributed by atoms with Gasteiger partial charge in [-0.2, -0.15) is 0 Å². The van der Waals surface area contributed by atoms with E-state index in [0.717, 1.165) is 36.6 Å². The lowest BCUT2D eigenvalue weighted by Gasteiger charge is -2.06. The number of hydrogen-bond acceptors (Lipinski definition) is 2. The van der Waals surface area contributed by atoms with Crippen LogP contribution in [0.15, 0.2) is 18.2 Å². The minimum atomic E-state index is -1.00. The summed E-state index contributed by atoms with van der Waals surface area (Å²) in [7, 11) is 0. The van der Waals surface area contributed by atoms with E-state index in [-0.39, 0.29) is 18.1 Å². The van der Waals surface area contributed by atoms with Crippen LogP contribution < -0.4 is 5.32 Å². The van der Waals surface area contributed by atoms with Gasteiger partial charge >= 0.3 is 5.97 Å². The fraction of sp³-hybridized carbons (Fsp3) is 0.444. The molecule has 5 nitrogen and oxygen atoms in total. The van der Waals surface area contributed by atoms with E-state index >= 15 is 0 Å². The number of aromatic amines is 1. The first-order valence-electron chi connectivity index (χ1n) is 8.20. The highest BCUT2D eigenvalue weighted by atomic mass is 16.4. The topological polar surface area (TPSA) is 82.2 Å². The molecule has 0 aliphatic carbocycles. The fourth-order valence-electron chi connectivity index (χ4n) is 2.70. The second kappa shape index (κ2) is 7.81. The van der Waals surface area contributed by atoms with Crippen LogP contribution in [0.25, 0.3) is 10.9 Å². The van der Waals surface area contributed by atoms with Crippen LogP contribution in [-0.2, 0) is 17.8 Å². The molecule has 0 radical (unpaired) electrons. The van der Waals surface area contributed by atoms with Gasteiger partial charge in [0.2, 0.25) is 5.91 Å². The minimum Gasteiger partial charge on any atom is -0.477 e. The Morgan fingerprint density at radius 2 is 2.00 bits per heavy atom. The number of benzene rings is 1. The number of carbonyl (C=O) groups is 2. The molecule has 0 bridgehead atoms. The Hall–Kier alpha value is -2.30. The number of carboxylic acids is 1. The van der Waals surface area contributed by atoms with Crippen molar-refractivity contribution in [1.82, 2.24) is 10.3 Å². The fourth-order valence-corrected chi connectivity index (χ4v) is 2.70. The Morgan fingerprint density at radius 1 is 1.22 bits per heavy atom. The highest BCUT2D eigenvalue weighted by Crippen LogP contribution is 2.25. The number of aromatic nitrogens is 1. The number of aryl methyl sites for hydroxylation is 1. The summed E-state index contributed by atoms with van der Waals surface area (Å²) in [4.78, 5) is 26.1. The Labute approximate surface area is 136 Å². The Bertz CT molecular complexity index is 704. The molecule has 1 aromatic heterocycles. The molecular weight excluding hydrogens is 292 g/mol. The van der Waals surface area contributed by atoms with Gasteiger partial charge in [-0.1, -0.05) is 26.3 Å². The Morgan fingerprint density at radius 3 is 2.65 bits per heavy atom.